The van der Waals surface area contributed by atoms with Crippen molar-refractivity contribution in [3.8, 4) is 10.4 Å². The van der Waals surface area contributed by atoms with Gasteiger partial charge in [0.15, 0.2) is 19.8 Å². The molecule has 5 heterocycles. The molecule has 5 rings (SSSR count). The number of carbonyl (C=O) groups is 1. The first-order valence-corrected chi connectivity index (χ1v) is 32.6. The van der Waals surface area contributed by atoms with E-state index in [0.29, 0.717) is 33.3 Å². The number of halogens is 1. The minimum atomic E-state index is -1.94. The Kier molecular flexibility index (Phi) is 14.4. The van der Waals surface area contributed by atoms with Gasteiger partial charge in [0, 0.05) is 53.6 Å². The predicted octanol–water partition coefficient (Wildman–Crippen LogP) is 11.1. The summed E-state index contributed by atoms with van der Waals surface area (Å²) in [7, 11) is -4.52. The molecule has 0 saturated carbocycles. The second-order valence-corrected chi connectivity index (χ2v) is 39.0. The molecule has 11 nitrogen and oxygen atoms in total. The van der Waals surface area contributed by atoms with E-state index in [2.05, 4.69) is 101 Å². The van der Waals surface area contributed by atoms with Gasteiger partial charge in [-0.25, -0.2) is 14.8 Å². The van der Waals surface area contributed by atoms with Gasteiger partial charge in [-0.3, -0.25) is 0 Å². The minimum absolute atomic E-state index is 0.117. The Morgan fingerprint density at radius 2 is 1.48 bits per heavy atom. The Hall–Kier alpha value is -1.42. The molecule has 2 fully saturated rings. The van der Waals surface area contributed by atoms with Crippen molar-refractivity contribution in [2.75, 3.05) is 31.6 Å². The summed E-state index contributed by atoms with van der Waals surface area (Å²) in [5.74, 6) is 1.10. The lowest BCUT2D eigenvalue weighted by Crippen LogP contribution is -2.48. The third kappa shape index (κ3) is 11.7. The molecule has 2 unspecified atom stereocenters. The third-order valence-electron chi connectivity index (χ3n) is 11.3. The van der Waals surface area contributed by atoms with Gasteiger partial charge in [0.05, 0.1) is 32.5 Å². The summed E-state index contributed by atoms with van der Waals surface area (Å²) in [5, 5.41) is 6.10. The van der Waals surface area contributed by atoms with E-state index >= 15 is 0 Å². The summed E-state index contributed by atoms with van der Waals surface area (Å²) >= 11 is 4.14. The lowest BCUT2D eigenvalue weighted by atomic mass is 9.88. The summed E-state index contributed by atoms with van der Waals surface area (Å²) in [5.41, 5.74) is 2.27. The van der Waals surface area contributed by atoms with Crippen molar-refractivity contribution in [2.24, 2.45) is 0 Å². The molecule has 2 saturated heterocycles. The highest BCUT2D eigenvalue weighted by Crippen LogP contribution is 2.46. The van der Waals surface area contributed by atoms with Crippen LogP contribution in [0.5, 0.6) is 0 Å². The highest BCUT2D eigenvalue weighted by Gasteiger charge is 2.46. The molecule has 0 radical (unpaired) electrons. The van der Waals surface area contributed by atoms with Gasteiger partial charge >= 0.3 is 6.09 Å². The lowest BCUT2D eigenvalue weighted by molar-refractivity contribution is 0.00565. The Morgan fingerprint density at radius 1 is 0.911 bits per heavy atom. The van der Waals surface area contributed by atoms with Crippen LogP contribution in [0.1, 0.15) is 83.8 Å². The molecule has 0 aliphatic carbocycles. The molecule has 0 aromatic carbocycles. The molecular formula is C40H69IN6O5SSi3. The van der Waals surface area contributed by atoms with Crippen molar-refractivity contribution >= 4 is 76.0 Å². The second-order valence-electron chi connectivity index (χ2n) is 20.8. The van der Waals surface area contributed by atoms with Crippen molar-refractivity contribution in [3.05, 3.63) is 26.7 Å². The predicted molar refractivity (Wildman–Crippen MR) is 246 cm³/mol. The SMILES string of the molecule is CC(C)(C)OC(=O)N1C2CCC1CC(c1nc3c(-c4cnc(CO[Si](C)(C)C(C)(C)C)s4)cnn3c(N(COCC[Si](C)(C)C)COCC[Si](C)(C)C)c1I)C2. The highest BCUT2D eigenvalue weighted by atomic mass is 127. The smallest absolute Gasteiger partial charge is 0.410 e. The van der Waals surface area contributed by atoms with E-state index in [1.807, 2.05) is 42.6 Å². The average molecular weight is 957 g/mol. The molecular weight excluding hydrogens is 888 g/mol. The number of carbonyl (C=O) groups excluding carboxylic acids is 1. The average Bonchev–Trinajstić information content (AvgIpc) is 3.76. The number of anilines is 1. The molecule has 0 spiro atoms. The summed E-state index contributed by atoms with van der Waals surface area (Å²) in [6.07, 6.45) is 7.32. The molecule has 314 valence electrons. The van der Waals surface area contributed by atoms with E-state index in [-0.39, 0.29) is 29.1 Å². The maximum Gasteiger partial charge on any atom is 0.410 e. The zero-order chi connectivity index (χ0) is 41.4. The Balaban J connectivity index is 1.54. The van der Waals surface area contributed by atoms with Crippen LogP contribution in [0.25, 0.3) is 16.1 Å². The van der Waals surface area contributed by atoms with Crippen molar-refractivity contribution in [1.29, 1.82) is 0 Å². The second kappa shape index (κ2) is 17.7. The monoisotopic (exact) mass is 956 g/mol. The molecule has 2 atom stereocenters. The highest BCUT2D eigenvalue weighted by molar-refractivity contribution is 14.1. The van der Waals surface area contributed by atoms with Crippen molar-refractivity contribution < 1.29 is 23.4 Å². The molecule has 0 N–H and O–H groups in total. The van der Waals surface area contributed by atoms with Crippen LogP contribution in [-0.4, -0.2) is 99.4 Å². The first-order valence-electron chi connectivity index (χ1n) is 20.4. The number of thiazole rings is 1. The fourth-order valence-electron chi connectivity index (χ4n) is 6.93. The van der Waals surface area contributed by atoms with Gasteiger partial charge in [-0.15, -0.1) is 11.3 Å². The summed E-state index contributed by atoms with van der Waals surface area (Å²) in [6, 6.07) is 2.41. The number of aromatic nitrogens is 4. The fraction of sp³-hybridized carbons (Fsp3) is 0.750. The quantitative estimate of drug-likeness (QED) is 0.0601. The van der Waals surface area contributed by atoms with E-state index in [1.165, 1.54) is 0 Å². The first kappa shape index (κ1) is 45.7. The van der Waals surface area contributed by atoms with Crippen LogP contribution in [0.2, 0.25) is 69.5 Å². The number of piperidine rings is 1. The number of amides is 1. The summed E-state index contributed by atoms with van der Waals surface area (Å²) < 4.78 is 28.4. The van der Waals surface area contributed by atoms with Crippen LogP contribution in [0.3, 0.4) is 0 Å². The van der Waals surface area contributed by atoms with E-state index < -0.39 is 30.1 Å². The summed E-state index contributed by atoms with van der Waals surface area (Å²) in [6.45, 7) is 34.1. The Labute approximate surface area is 357 Å². The third-order valence-corrected chi connectivity index (χ3v) is 21.2. The van der Waals surface area contributed by atoms with Crippen LogP contribution >= 0.6 is 33.9 Å². The molecule has 3 aromatic rings. The van der Waals surface area contributed by atoms with Gasteiger partial charge in [-0.2, -0.15) is 9.61 Å². The van der Waals surface area contributed by atoms with Crippen LogP contribution in [0.4, 0.5) is 10.6 Å². The zero-order valence-electron chi connectivity index (χ0n) is 36.7. The number of nitrogens with zero attached hydrogens (tertiary/aromatic N) is 6. The van der Waals surface area contributed by atoms with Crippen molar-refractivity contribution in [3.63, 3.8) is 0 Å². The fourth-order valence-corrected chi connectivity index (χ4v) is 11.4. The van der Waals surface area contributed by atoms with Crippen LogP contribution in [0.15, 0.2) is 12.4 Å². The van der Waals surface area contributed by atoms with E-state index in [9.17, 15) is 4.79 Å². The Bertz CT molecular complexity index is 1780. The maximum atomic E-state index is 13.4. The standard InChI is InChI=1S/C40H69IN6O5SSi3/c1-39(2,3)52-38(48)46-29-15-16-30(46)22-28(21-29)35-34(41)37(45(26-49-17-19-54(7,8)9)27-50-18-20-55(10,11)12)47-36(44-35)31(23-43-47)32-24-42-33(53-32)25-51-56(13,14)40(4,5)6/h23-24,28-30H,15-22,25-27H2,1-14H3. The molecule has 1 amide bonds. The molecule has 2 aliphatic heterocycles. The molecule has 16 heteroatoms. The van der Waals surface area contributed by atoms with Crippen molar-refractivity contribution in [1.82, 2.24) is 24.5 Å². The van der Waals surface area contributed by atoms with Gasteiger partial charge in [-0.05, 0) is 99.3 Å². The molecule has 56 heavy (non-hydrogen) atoms. The van der Waals surface area contributed by atoms with E-state index in [4.69, 9.17) is 33.7 Å². The lowest BCUT2D eigenvalue weighted by Gasteiger charge is -2.39. The number of rotatable bonds is 16. The van der Waals surface area contributed by atoms with E-state index in [0.717, 1.165) is 73.9 Å². The van der Waals surface area contributed by atoms with Gasteiger partial charge in [-0.1, -0.05) is 60.1 Å². The van der Waals surface area contributed by atoms with E-state index in [1.54, 1.807) is 11.3 Å². The van der Waals surface area contributed by atoms with Crippen molar-refractivity contribution in [2.45, 2.75) is 167 Å². The van der Waals surface area contributed by atoms with Gasteiger partial charge in [0.25, 0.3) is 0 Å². The maximum absolute atomic E-state index is 13.4. The topological polar surface area (TPSA) is 104 Å². The molecule has 3 aromatic heterocycles. The number of fused-ring (bicyclic) bond motifs is 3. The van der Waals surface area contributed by atoms with Crippen LogP contribution < -0.4 is 4.90 Å². The van der Waals surface area contributed by atoms with Crippen LogP contribution in [0, 0.1) is 3.57 Å². The largest absolute Gasteiger partial charge is 0.444 e. The molecule has 2 bridgehead atoms. The molecule has 2 aliphatic rings. The minimum Gasteiger partial charge on any atom is -0.444 e. The van der Waals surface area contributed by atoms with Gasteiger partial charge in [0.2, 0.25) is 0 Å². The number of ether oxygens (including phenoxy) is 3. The number of hydrogen-bond acceptors (Lipinski definition) is 10. The van der Waals surface area contributed by atoms with Gasteiger partial charge in [0.1, 0.15) is 24.1 Å². The first-order chi connectivity index (χ1) is 25.8. The van der Waals surface area contributed by atoms with Crippen LogP contribution in [-0.2, 0) is 25.2 Å². The number of hydrogen-bond donors (Lipinski definition) is 0. The zero-order valence-corrected chi connectivity index (χ0v) is 42.6. The van der Waals surface area contributed by atoms with Gasteiger partial charge < -0.3 is 28.4 Å². The Morgan fingerprint density at radius 3 is 2.00 bits per heavy atom. The normalized spacial score (nSPS) is 19.6. The summed E-state index contributed by atoms with van der Waals surface area (Å²) in [4.78, 5) is 29.0.